The fourth-order valence-corrected chi connectivity index (χ4v) is 2.79. The van der Waals surface area contributed by atoms with Gasteiger partial charge in [0, 0.05) is 31.7 Å². The van der Waals surface area contributed by atoms with Gasteiger partial charge in [0.05, 0.1) is 19.0 Å². The molecule has 0 atom stereocenters. The van der Waals surface area contributed by atoms with Gasteiger partial charge in [0.25, 0.3) is 0 Å². The Labute approximate surface area is 141 Å². The third kappa shape index (κ3) is 4.69. The number of furan rings is 1. The van der Waals surface area contributed by atoms with Crippen molar-refractivity contribution >= 4 is 5.91 Å². The number of hydrogen-bond acceptors (Lipinski definition) is 4. The van der Waals surface area contributed by atoms with Crippen LogP contribution in [0.2, 0.25) is 0 Å². The van der Waals surface area contributed by atoms with Crippen LogP contribution in [0.15, 0.2) is 47.1 Å². The lowest BCUT2D eigenvalue weighted by Gasteiger charge is -2.22. The van der Waals surface area contributed by atoms with Gasteiger partial charge in [0.2, 0.25) is 5.91 Å². The van der Waals surface area contributed by atoms with E-state index in [1.165, 1.54) is 0 Å². The Morgan fingerprint density at radius 3 is 2.79 bits per heavy atom. The summed E-state index contributed by atoms with van der Waals surface area (Å²) < 4.78 is 16.5. The summed E-state index contributed by atoms with van der Waals surface area (Å²) in [6.45, 7) is 2.43. The highest BCUT2D eigenvalue weighted by Crippen LogP contribution is 2.23. The third-order valence-electron chi connectivity index (χ3n) is 4.13. The smallest absolute Gasteiger partial charge is 0.222 e. The van der Waals surface area contributed by atoms with E-state index in [4.69, 9.17) is 13.9 Å². The molecule has 3 rings (SSSR count). The molecule has 0 aliphatic carbocycles. The van der Waals surface area contributed by atoms with E-state index >= 15 is 0 Å². The van der Waals surface area contributed by atoms with Crippen LogP contribution in [0, 0.1) is 0 Å². The second-order valence-electron chi connectivity index (χ2n) is 5.84. The van der Waals surface area contributed by atoms with E-state index in [2.05, 4.69) is 5.32 Å². The first-order chi connectivity index (χ1) is 11.8. The maximum absolute atomic E-state index is 12.0. The van der Waals surface area contributed by atoms with E-state index in [1.807, 2.05) is 36.4 Å². The third-order valence-corrected chi connectivity index (χ3v) is 4.13. The topological polar surface area (TPSA) is 60.7 Å². The molecule has 0 unspecified atom stereocenters. The molecule has 0 bridgehead atoms. The van der Waals surface area contributed by atoms with E-state index in [0.717, 1.165) is 42.9 Å². The maximum atomic E-state index is 12.0. The van der Waals surface area contributed by atoms with Gasteiger partial charge in [-0.15, -0.1) is 0 Å². The zero-order valence-corrected chi connectivity index (χ0v) is 13.7. The highest BCUT2D eigenvalue weighted by Gasteiger charge is 2.14. The van der Waals surface area contributed by atoms with E-state index < -0.39 is 0 Å². The van der Waals surface area contributed by atoms with Crippen LogP contribution in [-0.4, -0.2) is 31.8 Å². The van der Waals surface area contributed by atoms with E-state index in [1.54, 1.807) is 6.26 Å². The summed E-state index contributed by atoms with van der Waals surface area (Å²) in [5, 5.41) is 2.95. The summed E-state index contributed by atoms with van der Waals surface area (Å²) in [4.78, 5) is 12.0. The molecule has 2 heterocycles. The van der Waals surface area contributed by atoms with Crippen LogP contribution < -0.4 is 5.32 Å². The summed E-state index contributed by atoms with van der Waals surface area (Å²) in [5.41, 5.74) is 2.03. The minimum atomic E-state index is -0.00342. The van der Waals surface area contributed by atoms with Crippen LogP contribution in [0.25, 0.3) is 11.3 Å². The standard InChI is InChI=1S/C19H23NO4/c21-19(9-13-23-16-7-11-22-12-8-16)20-14-15-4-1-2-5-17(15)18-6-3-10-24-18/h1-6,10,16H,7-9,11-14H2,(H,20,21). The van der Waals surface area contributed by atoms with Crippen molar-refractivity contribution in [1.82, 2.24) is 5.32 Å². The van der Waals surface area contributed by atoms with Crippen molar-refractivity contribution in [1.29, 1.82) is 0 Å². The van der Waals surface area contributed by atoms with Crippen molar-refractivity contribution in [2.24, 2.45) is 0 Å². The van der Waals surface area contributed by atoms with Crippen LogP contribution in [0.5, 0.6) is 0 Å². The van der Waals surface area contributed by atoms with E-state index in [9.17, 15) is 4.79 Å². The highest BCUT2D eigenvalue weighted by atomic mass is 16.5. The Kier molecular flexibility index (Phi) is 6.04. The lowest BCUT2D eigenvalue weighted by molar-refractivity contribution is -0.123. The quantitative estimate of drug-likeness (QED) is 0.848. The fourth-order valence-electron chi connectivity index (χ4n) is 2.79. The van der Waals surface area contributed by atoms with Gasteiger partial charge in [0.1, 0.15) is 5.76 Å². The van der Waals surface area contributed by atoms with Gasteiger partial charge in [-0.2, -0.15) is 0 Å². The summed E-state index contributed by atoms with van der Waals surface area (Å²) in [6, 6.07) is 11.7. The number of nitrogens with one attached hydrogen (secondary N) is 1. The molecular weight excluding hydrogens is 306 g/mol. The number of benzene rings is 1. The molecule has 1 amide bonds. The monoisotopic (exact) mass is 329 g/mol. The maximum Gasteiger partial charge on any atom is 0.222 e. The summed E-state index contributed by atoms with van der Waals surface area (Å²) in [7, 11) is 0. The molecule has 1 N–H and O–H groups in total. The summed E-state index contributed by atoms with van der Waals surface area (Å²) in [5.74, 6) is 0.805. The highest BCUT2D eigenvalue weighted by molar-refractivity contribution is 5.76. The van der Waals surface area contributed by atoms with E-state index in [0.29, 0.717) is 19.6 Å². The largest absolute Gasteiger partial charge is 0.464 e. The SMILES string of the molecule is O=C(CCOC1CCOCC1)NCc1ccccc1-c1ccco1. The minimum Gasteiger partial charge on any atom is -0.464 e. The van der Waals surface area contributed by atoms with Crippen molar-refractivity contribution < 1.29 is 18.7 Å². The van der Waals surface area contributed by atoms with Gasteiger partial charge in [-0.05, 0) is 30.5 Å². The normalized spacial score (nSPS) is 15.3. The zero-order chi connectivity index (χ0) is 16.6. The van der Waals surface area contributed by atoms with Crippen molar-refractivity contribution in [2.75, 3.05) is 19.8 Å². The first-order valence-corrected chi connectivity index (χ1v) is 8.41. The molecule has 1 aromatic heterocycles. The predicted octanol–water partition coefficient (Wildman–Crippen LogP) is 3.15. The van der Waals surface area contributed by atoms with Crippen LogP contribution in [0.1, 0.15) is 24.8 Å². The minimum absolute atomic E-state index is 0.00342. The van der Waals surface area contributed by atoms with Crippen molar-refractivity contribution in [3.63, 3.8) is 0 Å². The molecule has 1 aliphatic rings. The van der Waals surface area contributed by atoms with Gasteiger partial charge in [-0.3, -0.25) is 4.79 Å². The molecule has 1 aliphatic heterocycles. The Morgan fingerprint density at radius 2 is 2.00 bits per heavy atom. The zero-order valence-electron chi connectivity index (χ0n) is 13.7. The average molecular weight is 329 g/mol. The number of ether oxygens (including phenoxy) is 2. The van der Waals surface area contributed by atoms with Crippen LogP contribution in [0.3, 0.4) is 0 Å². The molecule has 0 saturated carbocycles. The molecule has 128 valence electrons. The molecule has 1 aromatic carbocycles. The molecule has 1 fully saturated rings. The number of amides is 1. The second kappa shape index (κ2) is 8.66. The van der Waals surface area contributed by atoms with Gasteiger partial charge in [-0.1, -0.05) is 24.3 Å². The van der Waals surface area contributed by atoms with Crippen LogP contribution in [0.4, 0.5) is 0 Å². The average Bonchev–Trinajstić information content (AvgIpc) is 3.16. The summed E-state index contributed by atoms with van der Waals surface area (Å²) >= 11 is 0. The molecule has 2 aromatic rings. The molecule has 0 radical (unpaired) electrons. The predicted molar refractivity (Wildman–Crippen MR) is 90.4 cm³/mol. The van der Waals surface area contributed by atoms with E-state index in [-0.39, 0.29) is 12.0 Å². The van der Waals surface area contributed by atoms with Gasteiger partial charge >= 0.3 is 0 Å². The fraction of sp³-hybridized carbons (Fsp3) is 0.421. The lowest BCUT2D eigenvalue weighted by Crippen LogP contribution is -2.27. The van der Waals surface area contributed by atoms with Crippen molar-refractivity contribution in [3.8, 4) is 11.3 Å². The molecule has 24 heavy (non-hydrogen) atoms. The van der Waals surface area contributed by atoms with Crippen molar-refractivity contribution in [3.05, 3.63) is 48.2 Å². The second-order valence-corrected chi connectivity index (χ2v) is 5.84. The number of carbonyl (C=O) groups is 1. The van der Waals surface area contributed by atoms with Gasteiger partial charge < -0.3 is 19.2 Å². The molecule has 0 spiro atoms. The molecule has 5 heteroatoms. The molecular formula is C19H23NO4. The van der Waals surface area contributed by atoms with Crippen LogP contribution in [-0.2, 0) is 20.8 Å². The first kappa shape index (κ1) is 16.7. The number of carbonyl (C=O) groups excluding carboxylic acids is 1. The van der Waals surface area contributed by atoms with Crippen molar-refractivity contribution in [2.45, 2.75) is 31.9 Å². The lowest BCUT2D eigenvalue weighted by atomic mass is 10.1. The van der Waals surface area contributed by atoms with Crippen LogP contribution >= 0.6 is 0 Å². The Hall–Kier alpha value is -2.11. The Bertz CT molecular complexity index is 633. The molecule has 5 nitrogen and oxygen atoms in total. The van der Waals surface area contributed by atoms with Gasteiger partial charge in [0.15, 0.2) is 0 Å². The number of rotatable bonds is 7. The Morgan fingerprint density at radius 1 is 1.17 bits per heavy atom. The Balaban J connectivity index is 1.45. The van der Waals surface area contributed by atoms with Gasteiger partial charge in [-0.25, -0.2) is 0 Å². The summed E-state index contributed by atoms with van der Waals surface area (Å²) in [6.07, 6.45) is 4.08. The molecule has 1 saturated heterocycles. The first-order valence-electron chi connectivity index (χ1n) is 8.41. The number of hydrogen-bond donors (Lipinski definition) is 1.